The predicted octanol–water partition coefficient (Wildman–Crippen LogP) is 4.28. The van der Waals surface area contributed by atoms with Crippen molar-refractivity contribution in [3.63, 3.8) is 0 Å². The minimum atomic E-state index is -0.439. The third kappa shape index (κ3) is 4.65. The first-order valence-electron chi connectivity index (χ1n) is 12.7. The van der Waals surface area contributed by atoms with Gasteiger partial charge in [0.15, 0.2) is 5.82 Å². The SMILES string of the molecule is CCN1CCN(c2cc3[nH]c(C(=O)C4(CC)CCC(NC(=O)OC)CC4)nc3cc2C)C(C)C1. The van der Waals surface area contributed by atoms with Gasteiger partial charge in [0.1, 0.15) is 0 Å². The number of hydrogen-bond acceptors (Lipinski definition) is 6. The van der Waals surface area contributed by atoms with E-state index in [1.807, 2.05) is 0 Å². The van der Waals surface area contributed by atoms with E-state index in [0.29, 0.717) is 11.9 Å². The average Bonchev–Trinajstić information content (AvgIpc) is 3.26. The number of aromatic nitrogens is 2. The first-order valence-corrected chi connectivity index (χ1v) is 12.7. The van der Waals surface area contributed by atoms with Crippen LogP contribution in [0, 0.1) is 12.3 Å². The number of carbonyl (C=O) groups excluding carboxylic acids is 2. The molecule has 2 fully saturated rings. The van der Waals surface area contributed by atoms with E-state index < -0.39 is 11.5 Å². The number of amides is 1. The highest BCUT2D eigenvalue weighted by Gasteiger charge is 2.42. The lowest BCUT2D eigenvalue weighted by Gasteiger charge is -2.41. The van der Waals surface area contributed by atoms with Gasteiger partial charge in [0.05, 0.1) is 18.1 Å². The number of imidazole rings is 1. The lowest BCUT2D eigenvalue weighted by Crippen LogP contribution is -2.52. The summed E-state index contributed by atoms with van der Waals surface area (Å²) in [5.74, 6) is 0.545. The third-order valence-corrected chi connectivity index (χ3v) is 8.09. The molecule has 1 aliphatic heterocycles. The molecule has 2 N–H and O–H groups in total. The number of alkyl carbamates (subject to hydrolysis) is 1. The van der Waals surface area contributed by atoms with Crippen molar-refractivity contribution < 1.29 is 14.3 Å². The Morgan fingerprint density at radius 1 is 1.24 bits per heavy atom. The zero-order chi connectivity index (χ0) is 24.5. The monoisotopic (exact) mass is 469 g/mol. The highest BCUT2D eigenvalue weighted by atomic mass is 16.5. The minimum Gasteiger partial charge on any atom is -0.453 e. The van der Waals surface area contributed by atoms with Crippen molar-refractivity contribution in [3.8, 4) is 0 Å². The van der Waals surface area contributed by atoms with Crippen LogP contribution in [0.3, 0.4) is 0 Å². The highest BCUT2D eigenvalue weighted by molar-refractivity contribution is 6.00. The second-order valence-corrected chi connectivity index (χ2v) is 10.1. The van der Waals surface area contributed by atoms with Crippen LogP contribution in [-0.4, -0.2) is 72.1 Å². The Morgan fingerprint density at radius 3 is 2.59 bits per heavy atom. The van der Waals surface area contributed by atoms with Gasteiger partial charge in [-0.3, -0.25) is 9.69 Å². The molecule has 0 spiro atoms. The molecule has 186 valence electrons. The number of nitrogens with one attached hydrogen (secondary N) is 2. The zero-order valence-electron chi connectivity index (χ0n) is 21.2. The number of piperazine rings is 1. The highest BCUT2D eigenvalue weighted by Crippen LogP contribution is 2.42. The van der Waals surface area contributed by atoms with Crippen molar-refractivity contribution in [3.05, 3.63) is 23.5 Å². The number of nitrogens with zero attached hydrogens (tertiary/aromatic N) is 3. The Morgan fingerprint density at radius 2 is 1.97 bits per heavy atom. The smallest absolute Gasteiger partial charge is 0.407 e. The normalized spacial score (nSPS) is 26.0. The van der Waals surface area contributed by atoms with Crippen LogP contribution in [-0.2, 0) is 4.74 Å². The minimum absolute atomic E-state index is 0.0518. The molecule has 8 nitrogen and oxygen atoms in total. The van der Waals surface area contributed by atoms with Crippen LogP contribution in [0.25, 0.3) is 11.0 Å². The number of rotatable bonds is 6. The lowest BCUT2D eigenvalue weighted by atomic mass is 9.68. The number of ether oxygens (including phenoxy) is 1. The molecule has 1 saturated heterocycles. The van der Waals surface area contributed by atoms with E-state index in [2.05, 4.69) is 59.9 Å². The van der Waals surface area contributed by atoms with Gasteiger partial charge in [-0.2, -0.15) is 0 Å². The van der Waals surface area contributed by atoms with Crippen molar-refractivity contribution in [2.45, 2.75) is 71.9 Å². The quantitative estimate of drug-likeness (QED) is 0.614. The van der Waals surface area contributed by atoms with E-state index in [0.717, 1.165) is 69.3 Å². The summed E-state index contributed by atoms with van der Waals surface area (Å²) in [7, 11) is 1.37. The number of carbonyl (C=O) groups is 2. The average molecular weight is 470 g/mol. The molecular formula is C26H39N5O3. The number of hydrogen-bond donors (Lipinski definition) is 2. The zero-order valence-corrected chi connectivity index (χ0v) is 21.2. The first-order chi connectivity index (χ1) is 16.3. The summed E-state index contributed by atoms with van der Waals surface area (Å²) in [5.41, 5.74) is 3.73. The maximum absolute atomic E-state index is 13.7. The van der Waals surface area contributed by atoms with Crippen molar-refractivity contribution >= 4 is 28.6 Å². The van der Waals surface area contributed by atoms with Crippen molar-refractivity contribution in [2.24, 2.45) is 5.41 Å². The molecule has 2 heterocycles. The largest absolute Gasteiger partial charge is 0.453 e. The van der Waals surface area contributed by atoms with E-state index in [-0.39, 0.29) is 11.8 Å². The van der Waals surface area contributed by atoms with Gasteiger partial charge < -0.3 is 19.9 Å². The second-order valence-electron chi connectivity index (χ2n) is 10.1. The molecule has 34 heavy (non-hydrogen) atoms. The maximum Gasteiger partial charge on any atom is 0.407 e. The van der Waals surface area contributed by atoms with Crippen LogP contribution in [0.5, 0.6) is 0 Å². The molecule has 1 aromatic heterocycles. The van der Waals surface area contributed by atoms with Gasteiger partial charge in [0.25, 0.3) is 0 Å². The summed E-state index contributed by atoms with van der Waals surface area (Å²) in [6, 6.07) is 4.76. The van der Waals surface area contributed by atoms with Gasteiger partial charge in [-0.25, -0.2) is 9.78 Å². The molecule has 1 atom stereocenters. The summed E-state index contributed by atoms with van der Waals surface area (Å²) in [5, 5.41) is 2.88. The fraction of sp³-hybridized carbons (Fsp3) is 0.654. The van der Waals surface area contributed by atoms with Crippen LogP contribution in [0.2, 0.25) is 0 Å². The van der Waals surface area contributed by atoms with Gasteiger partial charge in [-0.1, -0.05) is 13.8 Å². The van der Waals surface area contributed by atoms with Gasteiger partial charge in [-0.05, 0) is 70.2 Å². The topological polar surface area (TPSA) is 90.6 Å². The Labute approximate surface area is 202 Å². The second kappa shape index (κ2) is 9.94. The molecule has 1 aliphatic carbocycles. The number of aryl methyl sites for hydroxylation is 1. The van der Waals surface area contributed by atoms with E-state index in [1.165, 1.54) is 18.4 Å². The standard InChI is InChI=1S/C26H39N5O3/c1-6-26(10-8-19(9-11-26)27-25(33)34-5)23(32)24-28-20-14-17(3)22(15-21(20)29-24)31-13-12-30(7-2)16-18(31)4/h14-15,18-19H,6-13,16H2,1-5H3,(H,27,33)(H,28,29). The predicted molar refractivity (Wildman–Crippen MR) is 135 cm³/mol. The van der Waals surface area contributed by atoms with Crippen LogP contribution in [0.15, 0.2) is 12.1 Å². The molecule has 1 saturated carbocycles. The fourth-order valence-corrected chi connectivity index (χ4v) is 5.78. The molecule has 2 aliphatic rings. The molecular weight excluding hydrogens is 430 g/mol. The lowest BCUT2D eigenvalue weighted by molar-refractivity contribution is 0.0663. The van der Waals surface area contributed by atoms with Gasteiger partial charge >= 0.3 is 6.09 Å². The summed E-state index contributed by atoms with van der Waals surface area (Å²) in [4.78, 5) is 38.3. The van der Waals surface area contributed by atoms with E-state index >= 15 is 0 Å². The van der Waals surface area contributed by atoms with Crippen LogP contribution >= 0.6 is 0 Å². The van der Waals surface area contributed by atoms with E-state index in [9.17, 15) is 9.59 Å². The Balaban J connectivity index is 1.54. The van der Waals surface area contributed by atoms with Crippen LogP contribution in [0.1, 0.15) is 69.1 Å². The molecule has 1 unspecified atom stereocenters. The summed E-state index contributed by atoms with van der Waals surface area (Å²) in [6.07, 6.45) is 3.35. The Kier molecular flexibility index (Phi) is 7.17. The van der Waals surface area contributed by atoms with Crippen LogP contribution in [0.4, 0.5) is 10.5 Å². The van der Waals surface area contributed by atoms with Gasteiger partial charge in [0.2, 0.25) is 5.78 Å². The maximum atomic E-state index is 13.7. The number of benzene rings is 1. The molecule has 4 rings (SSSR count). The molecule has 1 amide bonds. The summed E-state index contributed by atoms with van der Waals surface area (Å²) < 4.78 is 4.72. The van der Waals surface area contributed by atoms with E-state index in [4.69, 9.17) is 9.72 Å². The number of fused-ring (bicyclic) bond motifs is 1. The molecule has 0 bridgehead atoms. The Hall–Kier alpha value is -2.61. The number of anilines is 1. The first kappa shape index (κ1) is 24.5. The third-order valence-electron chi connectivity index (χ3n) is 8.09. The number of H-pyrrole nitrogens is 1. The number of methoxy groups -OCH3 is 1. The summed E-state index contributed by atoms with van der Waals surface area (Å²) in [6.45, 7) is 12.9. The van der Waals surface area contributed by atoms with Crippen molar-refractivity contribution in [2.75, 3.05) is 38.2 Å². The molecule has 1 aromatic carbocycles. The number of likely N-dealkylation sites (N-methyl/N-ethyl adjacent to an activating group) is 1. The fourth-order valence-electron chi connectivity index (χ4n) is 5.78. The molecule has 2 aromatic rings. The number of ketones is 1. The summed E-state index contributed by atoms with van der Waals surface area (Å²) >= 11 is 0. The van der Waals surface area contributed by atoms with Crippen molar-refractivity contribution in [1.82, 2.24) is 20.2 Å². The number of aromatic amines is 1. The molecule has 0 radical (unpaired) electrons. The van der Waals surface area contributed by atoms with Crippen molar-refractivity contribution in [1.29, 1.82) is 0 Å². The number of Topliss-reactive ketones (excluding diaryl/α,β-unsaturated/α-hetero) is 1. The molecule has 8 heteroatoms. The van der Waals surface area contributed by atoms with Crippen LogP contribution < -0.4 is 10.2 Å². The van der Waals surface area contributed by atoms with Gasteiger partial charge in [0, 0.05) is 42.8 Å². The Bertz CT molecular complexity index is 1040. The van der Waals surface area contributed by atoms with E-state index in [1.54, 1.807) is 0 Å². The van der Waals surface area contributed by atoms with Gasteiger partial charge in [-0.15, -0.1) is 0 Å².